The Hall–Kier alpha value is -4.49. The van der Waals surface area contributed by atoms with Crippen molar-refractivity contribution in [2.75, 3.05) is 4.90 Å². The number of rotatable bonds is 4. The molecule has 156 valence electrons. The number of aromatic amines is 1. The molecule has 1 unspecified atom stereocenters. The zero-order valence-corrected chi connectivity index (χ0v) is 17.1. The van der Waals surface area contributed by atoms with Crippen molar-refractivity contribution < 1.29 is 4.79 Å². The summed E-state index contributed by atoms with van der Waals surface area (Å²) in [7, 11) is 0. The van der Waals surface area contributed by atoms with Crippen LogP contribution in [0.25, 0.3) is 21.2 Å². The molecule has 0 radical (unpaired) electrons. The van der Waals surface area contributed by atoms with Gasteiger partial charge in [0, 0.05) is 22.9 Å². The molecule has 1 aliphatic heterocycles. The van der Waals surface area contributed by atoms with Gasteiger partial charge in [0.1, 0.15) is 5.82 Å². The zero-order chi connectivity index (χ0) is 22.3. The summed E-state index contributed by atoms with van der Waals surface area (Å²) in [4.78, 5) is 34.2. The summed E-state index contributed by atoms with van der Waals surface area (Å²) >= 11 is 0. The lowest BCUT2D eigenvalue weighted by Crippen LogP contribution is -2.34. The van der Waals surface area contributed by atoms with E-state index < -0.39 is 5.54 Å². The largest absolute Gasteiger partial charge is 0.273 e. The number of carbonyl (C=O) groups excluding carboxylic acids is 1. The molecule has 0 saturated heterocycles. The van der Waals surface area contributed by atoms with Gasteiger partial charge in [0.2, 0.25) is 5.91 Å². The molecule has 9 heteroatoms. The van der Waals surface area contributed by atoms with Gasteiger partial charge in [-0.3, -0.25) is 14.5 Å². The van der Waals surface area contributed by atoms with E-state index in [0.717, 1.165) is 10.9 Å². The molecule has 1 N–H and O–H groups in total. The average molecular weight is 423 g/mol. The molecule has 9 nitrogen and oxygen atoms in total. The molecule has 1 amide bonds. The normalized spacial score (nSPS) is 17.3. The predicted molar refractivity (Wildman–Crippen MR) is 119 cm³/mol. The predicted octanol–water partition coefficient (Wildman–Crippen LogP) is 4.11. The van der Waals surface area contributed by atoms with Gasteiger partial charge >= 0.3 is 0 Å². The van der Waals surface area contributed by atoms with Gasteiger partial charge in [0.25, 0.3) is 5.56 Å². The minimum absolute atomic E-state index is 0.239. The molecule has 0 spiro atoms. The van der Waals surface area contributed by atoms with Crippen LogP contribution in [0, 0.1) is 0 Å². The maximum Gasteiger partial charge on any atom is 0.272 e. The summed E-state index contributed by atoms with van der Waals surface area (Å²) in [5.74, 6) is 0.0549. The number of pyridine rings is 1. The lowest BCUT2D eigenvalue weighted by Gasteiger charge is -2.19. The average Bonchev–Trinajstić information content (AvgIpc) is 3.03. The van der Waals surface area contributed by atoms with Crippen LogP contribution < -0.4 is 10.5 Å². The molecular weight excluding hydrogens is 406 g/mol. The molecule has 3 heterocycles. The fourth-order valence-electron chi connectivity index (χ4n) is 4.13. The van der Waals surface area contributed by atoms with Crippen molar-refractivity contribution in [3.8, 4) is 0 Å². The van der Waals surface area contributed by atoms with E-state index in [2.05, 4.69) is 25.2 Å². The van der Waals surface area contributed by atoms with Crippen molar-refractivity contribution in [1.82, 2.24) is 15.2 Å². The molecule has 0 fully saturated rings. The van der Waals surface area contributed by atoms with E-state index in [1.54, 1.807) is 43.5 Å². The van der Waals surface area contributed by atoms with Crippen LogP contribution in [0.5, 0.6) is 0 Å². The molecule has 1 atom stereocenters. The van der Waals surface area contributed by atoms with E-state index in [-0.39, 0.29) is 11.5 Å². The van der Waals surface area contributed by atoms with Gasteiger partial charge in [0.05, 0.1) is 16.8 Å². The van der Waals surface area contributed by atoms with Crippen LogP contribution in [0.15, 0.2) is 76.8 Å². The van der Waals surface area contributed by atoms with Gasteiger partial charge in [-0.2, -0.15) is 5.10 Å². The van der Waals surface area contributed by atoms with Crippen molar-refractivity contribution in [3.63, 3.8) is 0 Å². The Balaban J connectivity index is 1.57. The smallest absolute Gasteiger partial charge is 0.272 e. The summed E-state index contributed by atoms with van der Waals surface area (Å²) in [5, 5.41) is 11.9. The van der Waals surface area contributed by atoms with Gasteiger partial charge in [0.15, 0.2) is 5.54 Å². The standard InChI is InChI=1S/C23H17N7O2/c1-23(28-29-24)17-8-4-5-9-19(17)30(22(23)32)20-13-14(10-11-25-20)12-18-15-6-2-3-7-16(15)21(31)27-26-18/h2-11,13H,12H2,1H3,(H,27,31). The first-order valence-corrected chi connectivity index (χ1v) is 9.94. The molecule has 4 aromatic rings. The number of nitrogens with one attached hydrogen (secondary N) is 1. The first kappa shape index (κ1) is 19.5. The molecule has 0 bridgehead atoms. The number of carbonyl (C=O) groups is 1. The number of benzene rings is 2. The van der Waals surface area contributed by atoms with Gasteiger partial charge in [-0.15, -0.1) is 0 Å². The van der Waals surface area contributed by atoms with E-state index in [4.69, 9.17) is 5.53 Å². The van der Waals surface area contributed by atoms with Crippen LogP contribution in [0.3, 0.4) is 0 Å². The van der Waals surface area contributed by atoms with Crippen LogP contribution >= 0.6 is 0 Å². The van der Waals surface area contributed by atoms with Gasteiger partial charge in [-0.25, -0.2) is 10.1 Å². The van der Waals surface area contributed by atoms with Crippen LogP contribution in [-0.4, -0.2) is 21.1 Å². The highest BCUT2D eigenvalue weighted by atomic mass is 16.2. The fourth-order valence-corrected chi connectivity index (χ4v) is 4.13. The molecule has 0 aliphatic carbocycles. The highest BCUT2D eigenvalue weighted by Gasteiger charge is 2.48. The third kappa shape index (κ3) is 2.91. The van der Waals surface area contributed by atoms with Crippen molar-refractivity contribution in [2.45, 2.75) is 18.9 Å². The summed E-state index contributed by atoms with van der Waals surface area (Å²) in [5.41, 5.74) is 10.3. The monoisotopic (exact) mass is 423 g/mol. The summed E-state index contributed by atoms with van der Waals surface area (Å²) < 4.78 is 0. The highest BCUT2D eigenvalue weighted by molar-refractivity contribution is 6.12. The molecule has 1 aliphatic rings. The Morgan fingerprint density at radius 1 is 1.09 bits per heavy atom. The van der Waals surface area contributed by atoms with E-state index in [9.17, 15) is 9.59 Å². The van der Waals surface area contributed by atoms with Crippen molar-refractivity contribution in [3.05, 3.63) is 104 Å². The van der Waals surface area contributed by atoms with E-state index in [0.29, 0.717) is 34.6 Å². The summed E-state index contributed by atoms with van der Waals surface area (Å²) in [6.07, 6.45) is 2.06. The Morgan fingerprint density at radius 3 is 2.66 bits per heavy atom. The number of nitrogens with zero attached hydrogens (tertiary/aromatic N) is 6. The number of aromatic nitrogens is 3. The van der Waals surface area contributed by atoms with Crippen LogP contribution in [-0.2, 0) is 16.8 Å². The van der Waals surface area contributed by atoms with Crippen LogP contribution in [0.2, 0.25) is 0 Å². The Bertz CT molecular complexity index is 1490. The lowest BCUT2D eigenvalue weighted by molar-refractivity contribution is -0.121. The molecule has 32 heavy (non-hydrogen) atoms. The Kier molecular flexibility index (Phi) is 4.46. The minimum atomic E-state index is -1.35. The second-order valence-electron chi connectivity index (χ2n) is 7.66. The number of anilines is 2. The minimum Gasteiger partial charge on any atom is -0.273 e. The first-order chi connectivity index (χ1) is 15.5. The molecule has 0 saturated carbocycles. The van der Waals surface area contributed by atoms with Crippen molar-refractivity contribution in [1.29, 1.82) is 0 Å². The van der Waals surface area contributed by atoms with E-state index in [1.807, 2.05) is 30.3 Å². The van der Waals surface area contributed by atoms with Crippen LogP contribution in [0.4, 0.5) is 11.5 Å². The van der Waals surface area contributed by atoms with Crippen molar-refractivity contribution in [2.24, 2.45) is 5.11 Å². The molecular formula is C23H17N7O2. The second kappa shape index (κ2) is 7.33. The Labute approximate surface area is 182 Å². The molecule has 2 aromatic heterocycles. The topological polar surface area (TPSA) is 128 Å². The van der Waals surface area contributed by atoms with Gasteiger partial charge < -0.3 is 0 Å². The van der Waals surface area contributed by atoms with E-state index in [1.165, 1.54) is 4.90 Å². The number of amides is 1. The lowest BCUT2D eigenvalue weighted by atomic mass is 9.95. The number of para-hydroxylation sites is 1. The van der Waals surface area contributed by atoms with E-state index >= 15 is 0 Å². The number of hydrogen-bond acceptors (Lipinski definition) is 5. The van der Waals surface area contributed by atoms with Crippen LogP contribution in [0.1, 0.15) is 23.7 Å². The summed E-state index contributed by atoms with van der Waals surface area (Å²) in [6, 6.07) is 18.1. The Morgan fingerprint density at radius 2 is 1.84 bits per heavy atom. The van der Waals surface area contributed by atoms with Crippen molar-refractivity contribution >= 4 is 28.2 Å². The maximum absolute atomic E-state index is 13.3. The summed E-state index contributed by atoms with van der Waals surface area (Å²) in [6.45, 7) is 1.61. The molecule has 5 rings (SSSR count). The number of fused-ring (bicyclic) bond motifs is 2. The number of hydrogen-bond donors (Lipinski definition) is 1. The first-order valence-electron chi connectivity index (χ1n) is 9.94. The molecule has 2 aromatic carbocycles. The highest BCUT2D eigenvalue weighted by Crippen LogP contribution is 2.45. The van der Waals surface area contributed by atoms with Gasteiger partial charge in [-0.05, 0) is 47.8 Å². The number of azide groups is 1. The third-order valence-electron chi connectivity index (χ3n) is 5.72. The fraction of sp³-hybridized carbons (Fsp3) is 0.130. The van der Waals surface area contributed by atoms with Gasteiger partial charge in [-0.1, -0.05) is 41.5 Å². The third-order valence-corrected chi connectivity index (χ3v) is 5.72. The zero-order valence-electron chi connectivity index (χ0n) is 17.1. The number of H-pyrrole nitrogens is 1. The second-order valence-corrected chi connectivity index (χ2v) is 7.66. The maximum atomic E-state index is 13.3. The quantitative estimate of drug-likeness (QED) is 0.301. The SMILES string of the molecule is CC1(N=[N+]=[N-])C(=O)N(c2cc(Cc3n[nH]c(=O)c4ccccc34)ccn2)c2ccccc21.